The van der Waals surface area contributed by atoms with Crippen LogP contribution in [0, 0.1) is 0 Å². The zero-order valence-electron chi connectivity index (χ0n) is 13.1. The molecule has 112 valence electrons. The Morgan fingerprint density at radius 3 is 2.35 bits per heavy atom. The van der Waals surface area contributed by atoms with Gasteiger partial charge in [0.15, 0.2) is 0 Å². The lowest BCUT2D eigenvalue weighted by atomic mass is 10.1. The fraction of sp³-hybridized carbons (Fsp3) is 0.562. The van der Waals surface area contributed by atoms with Gasteiger partial charge in [-0.1, -0.05) is 30.3 Å². The van der Waals surface area contributed by atoms with Gasteiger partial charge in [0, 0.05) is 12.6 Å². The average Bonchev–Trinajstić information content (AvgIpc) is 2.26. The van der Waals surface area contributed by atoms with Crippen LogP contribution in [-0.4, -0.2) is 43.3 Å². The molecule has 4 heteroatoms. The van der Waals surface area contributed by atoms with Crippen LogP contribution in [0.5, 0.6) is 0 Å². The number of hydrogen-bond donors (Lipinski definition) is 1. The number of carbonyl (C=O) groups excluding carboxylic acids is 1. The van der Waals surface area contributed by atoms with Crippen LogP contribution >= 0.6 is 0 Å². The Balaban J connectivity index is 2.63. The monoisotopic (exact) mass is 278 g/mol. The highest BCUT2D eigenvalue weighted by Crippen LogP contribution is 2.08. The average molecular weight is 278 g/mol. The van der Waals surface area contributed by atoms with Crippen molar-refractivity contribution >= 4 is 6.09 Å². The quantitative estimate of drug-likeness (QED) is 0.900. The normalized spacial score (nSPS) is 13.1. The van der Waals surface area contributed by atoms with Gasteiger partial charge in [0.25, 0.3) is 0 Å². The number of benzene rings is 1. The molecule has 1 amide bonds. The number of ether oxygens (including phenoxy) is 1. The molecule has 0 aromatic heterocycles. The van der Waals surface area contributed by atoms with Gasteiger partial charge in [-0.2, -0.15) is 0 Å². The molecule has 0 radical (unpaired) electrons. The van der Waals surface area contributed by atoms with E-state index in [0.717, 1.165) is 13.0 Å². The maximum atomic E-state index is 11.9. The Labute approximate surface area is 122 Å². The molecule has 1 rings (SSSR count). The van der Waals surface area contributed by atoms with Gasteiger partial charge in [-0.05, 0) is 46.9 Å². The van der Waals surface area contributed by atoms with Crippen LogP contribution in [0.15, 0.2) is 30.3 Å². The Bertz CT molecular complexity index is 410. The first kappa shape index (κ1) is 16.5. The maximum Gasteiger partial charge on any atom is 0.407 e. The van der Waals surface area contributed by atoms with E-state index < -0.39 is 5.60 Å². The Morgan fingerprint density at radius 1 is 1.25 bits per heavy atom. The number of carbonyl (C=O) groups is 1. The van der Waals surface area contributed by atoms with E-state index in [1.807, 2.05) is 53.1 Å². The molecule has 0 saturated carbocycles. The molecule has 1 N–H and O–H groups in total. The summed E-state index contributed by atoms with van der Waals surface area (Å²) in [4.78, 5) is 13.9. The lowest BCUT2D eigenvalue weighted by Crippen LogP contribution is -2.45. The first-order valence-electron chi connectivity index (χ1n) is 6.94. The lowest BCUT2D eigenvalue weighted by molar-refractivity contribution is 0.0497. The molecule has 0 spiro atoms. The van der Waals surface area contributed by atoms with Gasteiger partial charge in [0.05, 0.1) is 0 Å². The van der Waals surface area contributed by atoms with Gasteiger partial charge in [-0.3, -0.25) is 0 Å². The molecule has 20 heavy (non-hydrogen) atoms. The second-order valence-corrected chi connectivity index (χ2v) is 6.30. The number of alkyl carbamates (subject to hydrolysis) is 1. The molecule has 0 bridgehead atoms. The van der Waals surface area contributed by atoms with Crippen LogP contribution in [0.4, 0.5) is 4.79 Å². The van der Waals surface area contributed by atoms with Gasteiger partial charge < -0.3 is 15.0 Å². The van der Waals surface area contributed by atoms with Crippen molar-refractivity contribution in [2.75, 3.05) is 20.6 Å². The molecular weight excluding hydrogens is 252 g/mol. The smallest absolute Gasteiger partial charge is 0.407 e. The summed E-state index contributed by atoms with van der Waals surface area (Å²) >= 11 is 0. The van der Waals surface area contributed by atoms with E-state index in [2.05, 4.69) is 22.3 Å². The molecule has 1 aromatic carbocycles. The number of nitrogens with zero attached hydrogens (tertiary/aromatic N) is 1. The lowest BCUT2D eigenvalue weighted by Gasteiger charge is -2.25. The van der Waals surface area contributed by atoms with Crippen molar-refractivity contribution in [2.24, 2.45) is 0 Å². The number of likely N-dealkylation sites (N-methyl/N-ethyl adjacent to an activating group) is 1. The highest BCUT2D eigenvalue weighted by molar-refractivity contribution is 5.68. The van der Waals surface area contributed by atoms with Crippen molar-refractivity contribution < 1.29 is 9.53 Å². The third kappa shape index (κ3) is 7.14. The standard InChI is InChI=1S/C16H26N2O2/c1-16(2,3)20-15(19)17-14(12-18(4)5)11-13-9-7-6-8-10-13/h6-10,14H,11-12H2,1-5H3,(H,17,19). The Morgan fingerprint density at radius 2 is 1.85 bits per heavy atom. The van der Waals surface area contributed by atoms with Gasteiger partial charge >= 0.3 is 6.09 Å². The first-order valence-corrected chi connectivity index (χ1v) is 6.94. The number of nitrogens with one attached hydrogen (secondary N) is 1. The molecule has 0 saturated heterocycles. The first-order chi connectivity index (χ1) is 9.26. The molecule has 4 nitrogen and oxygen atoms in total. The summed E-state index contributed by atoms with van der Waals surface area (Å²) in [6.45, 7) is 6.37. The van der Waals surface area contributed by atoms with Crippen LogP contribution in [0.3, 0.4) is 0 Å². The van der Waals surface area contributed by atoms with Crippen LogP contribution in [-0.2, 0) is 11.2 Å². The minimum atomic E-state index is -0.473. The molecule has 0 aliphatic heterocycles. The fourth-order valence-electron chi connectivity index (χ4n) is 1.97. The SMILES string of the molecule is CN(C)CC(Cc1ccccc1)NC(=O)OC(C)(C)C. The summed E-state index contributed by atoms with van der Waals surface area (Å²) in [6, 6.07) is 10.2. The molecule has 0 fully saturated rings. The number of rotatable bonds is 5. The van der Waals surface area contributed by atoms with Crippen molar-refractivity contribution in [3.8, 4) is 0 Å². The van der Waals surface area contributed by atoms with Crippen molar-refractivity contribution in [1.29, 1.82) is 0 Å². The molecular formula is C16H26N2O2. The van der Waals surface area contributed by atoms with Gasteiger partial charge in [-0.25, -0.2) is 4.79 Å². The Hall–Kier alpha value is -1.55. The summed E-state index contributed by atoms with van der Waals surface area (Å²) in [5.41, 5.74) is 0.731. The van der Waals surface area contributed by atoms with E-state index in [1.54, 1.807) is 0 Å². The predicted molar refractivity (Wildman–Crippen MR) is 81.9 cm³/mol. The minimum Gasteiger partial charge on any atom is -0.444 e. The zero-order chi connectivity index (χ0) is 15.2. The second-order valence-electron chi connectivity index (χ2n) is 6.30. The zero-order valence-corrected chi connectivity index (χ0v) is 13.1. The largest absolute Gasteiger partial charge is 0.444 e. The van der Waals surface area contributed by atoms with E-state index >= 15 is 0 Å². The van der Waals surface area contributed by atoms with Crippen molar-refractivity contribution in [2.45, 2.75) is 38.8 Å². The van der Waals surface area contributed by atoms with Gasteiger partial charge in [-0.15, -0.1) is 0 Å². The van der Waals surface area contributed by atoms with E-state index in [1.165, 1.54) is 5.56 Å². The Kier molecular flexibility index (Phi) is 6.02. The molecule has 0 heterocycles. The molecule has 1 atom stereocenters. The highest BCUT2D eigenvalue weighted by Gasteiger charge is 2.20. The van der Waals surface area contributed by atoms with E-state index in [9.17, 15) is 4.79 Å². The summed E-state index contributed by atoms with van der Waals surface area (Å²) < 4.78 is 5.32. The van der Waals surface area contributed by atoms with Crippen LogP contribution in [0.1, 0.15) is 26.3 Å². The highest BCUT2D eigenvalue weighted by atomic mass is 16.6. The summed E-state index contributed by atoms with van der Waals surface area (Å²) in [7, 11) is 3.99. The van der Waals surface area contributed by atoms with Gasteiger partial charge in [0.1, 0.15) is 5.60 Å². The maximum absolute atomic E-state index is 11.9. The molecule has 0 aliphatic carbocycles. The summed E-state index contributed by atoms with van der Waals surface area (Å²) in [6.07, 6.45) is 0.429. The predicted octanol–water partition coefficient (Wildman–Crippen LogP) is 2.68. The van der Waals surface area contributed by atoms with Crippen molar-refractivity contribution in [1.82, 2.24) is 10.2 Å². The second kappa shape index (κ2) is 7.29. The van der Waals surface area contributed by atoms with Crippen LogP contribution < -0.4 is 5.32 Å². The molecule has 1 unspecified atom stereocenters. The summed E-state index contributed by atoms with van der Waals surface area (Å²) in [5.74, 6) is 0. The third-order valence-corrected chi connectivity index (χ3v) is 2.63. The minimum absolute atomic E-state index is 0.0299. The van der Waals surface area contributed by atoms with Crippen molar-refractivity contribution in [3.05, 3.63) is 35.9 Å². The van der Waals surface area contributed by atoms with Gasteiger partial charge in [0.2, 0.25) is 0 Å². The topological polar surface area (TPSA) is 41.6 Å². The summed E-state index contributed by atoms with van der Waals surface area (Å²) in [5, 5.41) is 2.95. The van der Waals surface area contributed by atoms with Crippen molar-refractivity contribution in [3.63, 3.8) is 0 Å². The number of amides is 1. The fourth-order valence-corrected chi connectivity index (χ4v) is 1.97. The molecule has 1 aromatic rings. The third-order valence-electron chi connectivity index (χ3n) is 2.63. The van der Waals surface area contributed by atoms with E-state index in [4.69, 9.17) is 4.74 Å². The van der Waals surface area contributed by atoms with E-state index in [-0.39, 0.29) is 12.1 Å². The van der Waals surface area contributed by atoms with E-state index in [0.29, 0.717) is 0 Å². The van der Waals surface area contributed by atoms with Crippen LogP contribution in [0.2, 0.25) is 0 Å². The van der Waals surface area contributed by atoms with Crippen LogP contribution in [0.25, 0.3) is 0 Å². The molecule has 0 aliphatic rings. The number of hydrogen-bond acceptors (Lipinski definition) is 3.